The number of carbonyl (C=O) groups is 1. The average molecular weight is 269 g/mol. The molecule has 0 aliphatic rings. The number of ether oxygens (including phenoxy) is 1. The van der Waals surface area contributed by atoms with E-state index in [9.17, 15) is 4.79 Å². The molecule has 0 saturated heterocycles. The van der Waals surface area contributed by atoms with Crippen LogP contribution in [0.15, 0.2) is 54.6 Å². The summed E-state index contributed by atoms with van der Waals surface area (Å²) in [5.74, 6) is 0.864. The van der Waals surface area contributed by atoms with E-state index < -0.39 is 0 Å². The Bertz CT molecular complexity index is 535. The summed E-state index contributed by atoms with van der Waals surface area (Å²) in [5.41, 5.74) is 2.04. The summed E-state index contributed by atoms with van der Waals surface area (Å²) in [6.07, 6.45) is 1.16. The highest BCUT2D eigenvalue weighted by atomic mass is 16.5. The van der Waals surface area contributed by atoms with Crippen LogP contribution in [-0.4, -0.2) is 12.5 Å². The number of benzene rings is 2. The summed E-state index contributed by atoms with van der Waals surface area (Å²) in [4.78, 5) is 11.7. The molecule has 0 unspecified atom stereocenters. The predicted octanol–water partition coefficient (Wildman–Crippen LogP) is 3.79. The van der Waals surface area contributed by atoms with Crippen molar-refractivity contribution in [3.05, 3.63) is 60.2 Å². The number of anilines is 1. The SMILES string of the molecule is Cc1ccc(OCCCC(=O)Nc2ccccc2)cc1. The average Bonchev–Trinajstić information content (AvgIpc) is 2.46. The molecule has 0 fully saturated rings. The van der Waals surface area contributed by atoms with Crippen molar-refractivity contribution in [1.82, 2.24) is 0 Å². The number of hydrogen-bond donors (Lipinski definition) is 1. The number of para-hydroxylation sites is 1. The predicted molar refractivity (Wildman–Crippen MR) is 81.0 cm³/mol. The Morgan fingerprint density at radius 1 is 1.05 bits per heavy atom. The molecule has 0 aliphatic heterocycles. The Kier molecular flexibility index (Phi) is 5.18. The molecule has 2 aromatic carbocycles. The van der Waals surface area contributed by atoms with Gasteiger partial charge in [0.25, 0.3) is 0 Å². The van der Waals surface area contributed by atoms with Crippen molar-refractivity contribution in [3.8, 4) is 5.75 Å². The van der Waals surface area contributed by atoms with Crippen molar-refractivity contribution in [1.29, 1.82) is 0 Å². The maximum atomic E-state index is 11.7. The molecule has 104 valence electrons. The number of rotatable bonds is 6. The molecule has 0 heterocycles. The first-order valence-electron chi connectivity index (χ1n) is 6.78. The molecule has 3 heteroatoms. The van der Waals surface area contributed by atoms with Gasteiger partial charge < -0.3 is 10.1 Å². The summed E-state index contributed by atoms with van der Waals surface area (Å²) in [7, 11) is 0. The maximum Gasteiger partial charge on any atom is 0.224 e. The molecule has 0 bridgehead atoms. The smallest absolute Gasteiger partial charge is 0.224 e. The maximum absolute atomic E-state index is 11.7. The quantitative estimate of drug-likeness (QED) is 0.810. The Morgan fingerprint density at radius 3 is 2.45 bits per heavy atom. The summed E-state index contributed by atoms with van der Waals surface area (Å²) >= 11 is 0. The van der Waals surface area contributed by atoms with Gasteiger partial charge in [-0.15, -0.1) is 0 Å². The molecule has 20 heavy (non-hydrogen) atoms. The molecule has 1 N–H and O–H groups in total. The lowest BCUT2D eigenvalue weighted by atomic mass is 10.2. The Morgan fingerprint density at radius 2 is 1.75 bits per heavy atom. The normalized spacial score (nSPS) is 10.1. The molecule has 0 aromatic heterocycles. The van der Waals surface area contributed by atoms with Crippen LogP contribution in [0.4, 0.5) is 5.69 Å². The van der Waals surface area contributed by atoms with Crippen molar-refractivity contribution in [2.75, 3.05) is 11.9 Å². The molecular formula is C17H19NO2. The van der Waals surface area contributed by atoms with Crippen LogP contribution in [0.5, 0.6) is 5.75 Å². The molecule has 3 nitrogen and oxygen atoms in total. The van der Waals surface area contributed by atoms with Crippen molar-refractivity contribution >= 4 is 11.6 Å². The second kappa shape index (κ2) is 7.34. The van der Waals surface area contributed by atoms with Gasteiger partial charge in [-0.1, -0.05) is 35.9 Å². The molecular weight excluding hydrogens is 250 g/mol. The second-order valence-electron chi connectivity index (χ2n) is 4.68. The molecule has 0 aliphatic carbocycles. The van der Waals surface area contributed by atoms with E-state index in [0.717, 1.165) is 11.4 Å². The van der Waals surface area contributed by atoms with Gasteiger partial charge in [0.15, 0.2) is 0 Å². The number of carbonyl (C=O) groups excluding carboxylic acids is 1. The number of amides is 1. The van der Waals surface area contributed by atoms with E-state index in [1.54, 1.807) is 0 Å². The zero-order chi connectivity index (χ0) is 14.2. The third kappa shape index (κ3) is 4.76. The molecule has 2 rings (SSSR count). The molecule has 0 radical (unpaired) electrons. The van der Waals surface area contributed by atoms with E-state index in [1.165, 1.54) is 5.56 Å². The topological polar surface area (TPSA) is 38.3 Å². The fourth-order valence-electron chi connectivity index (χ4n) is 1.80. The van der Waals surface area contributed by atoms with Crippen molar-refractivity contribution < 1.29 is 9.53 Å². The number of nitrogens with one attached hydrogen (secondary N) is 1. The van der Waals surface area contributed by atoms with Gasteiger partial charge in [-0.25, -0.2) is 0 Å². The standard InChI is InChI=1S/C17H19NO2/c1-14-9-11-16(12-10-14)20-13-5-8-17(19)18-15-6-3-2-4-7-15/h2-4,6-7,9-12H,5,8,13H2,1H3,(H,18,19). The first kappa shape index (κ1) is 14.1. The van der Waals surface area contributed by atoms with Crippen molar-refractivity contribution in [2.24, 2.45) is 0 Å². The van der Waals surface area contributed by atoms with Gasteiger partial charge >= 0.3 is 0 Å². The first-order valence-corrected chi connectivity index (χ1v) is 6.78. The molecule has 0 saturated carbocycles. The zero-order valence-corrected chi connectivity index (χ0v) is 11.6. The van der Waals surface area contributed by atoms with Crippen molar-refractivity contribution in [3.63, 3.8) is 0 Å². The highest BCUT2D eigenvalue weighted by molar-refractivity contribution is 5.90. The van der Waals surface area contributed by atoms with E-state index >= 15 is 0 Å². The van der Waals surface area contributed by atoms with Gasteiger partial charge in [-0.2, -0.15) is 0 Å². The van der Waals surface area contributed by atoms with Crippen molar-refractivity contribution in [2.45, 2.75) is 19.8 Å². The van der Waals surface area contributed by atoms with Crippen LogP contribution < -0.4 is 10.1 Å². The van der Waals surface area contributed by atoms with Gasteiger partial charge in [0, 0.05) is 12.1 Å². The van der Waals surface area contributed by atoms with Gasteiger partial charge in [0.1, 0.15) is 5.75 Å². The van der Waals surface area contributed by atoms with Crippen LogP contribution in [0, 0.1) is 6.92 Å². The summed E-state index contributed by atoms with van der Waals surface area (Å²) in [6.45, 7) is 2.59. The largest absolute Gasteiger partial charge is 0.494 e. The minimum Gasteiger partial charge on any atom is -0.494 e. The highest BCUT2D eigenvalue weighted by Gasteiger charge is 2.02. The molecule has 1 amide bonds. The van der Waals surface area contributed by atoms with E-state index in [4.69, 9.17) is 4.74 Å². The van der Waals surface area contributed by atoms with Gasteiger partial charge in [0.2, 0.25) is 5.91 Å². The van der Waals surface area contributed by atoms with Gasteiger partial charge in [0.05, 0.1) is 6.61 Å². The third-order valence-electron chi connectivity index (χ3n) is 2.90. The minimum absolute atomic E-state index is 0.0173. The monoisotopic (exact) mass is 269 g/mol. The first-order chi connectivity index (χ1) is 9.74. The van der Waals surface area contributed by atoms with Gasteiger partial charge in [-0.05, 0) is 37.6 Å². The third-order valence-corrected chi connectivity index (χ3v) is 2.90. The fourth-order valence-corrected chi connectivity index (χ4v) is 1.80. The number of aryl methyl sites for hydroxylation is 1. The Balaban J connectivity index is 1.66. The zero-order valence-electron chi connectivity index (χ0n) is 11.6. The fraction of sp³-hybridized carbons (Fsp3) is 0.235. The van der Waals surface area contributed by atoms with Crippen LogP contribution >= 0.6 is 0 Å². The summed E-state index contributed by atoms with van der Waals surface area (Å²) < 4.78 is 5.58. The van der Waals surface area contributed by atoms with E-state index in [1.807, 2.05) is 61.5 Å². The molecule has 2 aromatic rings. The molecule has 0 atom stereocenters. The van der Waals surface area contributed by atoms with Crippen LogP contribution in [-0.2, 0) is 4.79 Å². The highest BCUT2D eigenvalue weighted by Crippen LogP contribution is 2.12. The van der Waals surface area contributed by atoms with Crippen LogP contribution in [0.3, 0.4) is 0 Å². The summed E-state index contributed by atoms with van der Waals surface area (Å²) in [6, 6.07) is 17.4. The molecule has 0 spiro atoms. The van der Waals surface area contributed by atoms with E-state index in [0.29, 0.717) is 19.4 Å². The van der Waals surface area contributed by atoms with Crippen LogP contribution in [0.25, 0.3) is 0 Å². The lowest BCUT2D eigenvalue weighted by Crippen LogP contribution is -2.12. The van der Waals surface area contributed by atoms with Crippen LogP contribution in [0.2, 0.25) is 0 Å². The van der Waals surface area contributed by atoms with E-state index in [-0.39, 0.29) is 5.91 Å². The lowest BCUT2D eigenvalue weighted by molar-refractivity contribution is -0.116. The number of hydrogen-bond acceptors (Lipinski definition) is 2. The lowest BCUT2D eigenvalue weighted by Gasteiger charge is -2.07. The Hall–Kier alpha value is -2.29. The summed E-state index contributed by atoms with van der Waals surface area (Å²) in [5, 5.41) is 2.85. The van der Waals surface area contributed by atoms with Crippen LogP contribution in [0.1, 0.15) is 18.4 Å². The van der Waals surface area contributed by atoms with E-state index in [2.05, 4.69) is 5.32 Å². The Labute approximate surface area is 119 Å². The second-order valence-corrected chi connectivity index (χ2v) is 4.68. The minimum atomic E-state index is 0.0173. The van der Waals surface area contributed by atoms with Gasteiger partial charge in [-0.3, -0.25) is 4.79 Å².